The zero-order valence-electron chi connectivity index (χ0n) is 50.5. The average molecular weight is 1350 g/mol. The van der Waals surface area contributed by atoms with Crippen molar-refractivity contribution in [3.8, 4) is 5.75 Å². The number of H-pyrrole nitrogens is 1. The number of carbonyl (C=O) groups excluding carboxylic acids is 13. The van der Waals surface area contributed by atoms with Crippen LogP contribution < -0.4 is 64.6 Å². The third kappa shape index (κ3) is 24.5. The fourth-order valence-corrected chi connectivity index (χ4v) is 10.2. The lowest BCUT2D eigenvalue weighted by Gasteiger charge is -2.27. The minimum absolute atomic E-state index is 0.0259. The molecule has 0 bridgehead atoms. The SMILES string of the molecule is CSCC[C@H](NC(=O)[C@H](Cc1c[nH]c2ccccc12)NC(=O)CNC(=O)[C@@H](NC(=O)[C@@H](N)Cc1ccc(O)cc1)[C@@H](C)O)C(=O)N[C@@H](CC(=O)OS(=O)(=O)O)C(=O)N[C@@H](Cc1ccccc1)C(=O)NC(=O)[C@H](CC(=O)O)NC(=O)[C@H](CCC(N)=O)NC(=O)[C@@H]1CCC(=O)N1. The molecule has 3 aromatic carbocycles. The lowest BCUT2D eigenvalue weighted by molar-refractivity contribution is -0.143. The number of nitrogens with one attached hydrogen (secondary N) is 11. The van der Waals surface area contributed by atoms with Gasteiger partial charge in [-0.15, -0.1) is 0 Å². The highest BCUT2D eigenvalue weighted by Gasteiger charge is 2.38. The monoisotopic (exact) mass is 1350 g/mol. The van der Waals surface area contributed by atoms with Crippen molar-refractivity contribution in [3.63, 3.8) is 0 Å². The fourth-order valence-electron chi connectivity index (χ4n) is 9.39. The minimum Gasteiger partial charge on any atom is -0.508 e. The number of aromatic hydroxyl groups is 1. The molecule has 0 radical (unpaired) electrons. The van der Waals surface area contributed by atoms with Gasteiger partial charge in [0.05, 0.1) is 31.5 Å². The van der Waals surface area contributed by atoms with Crippen molar-refractivity contribution < 1.29 is 99.6 Å². The predicted molar refractivity (Wildman–Crippen MR) is 330 cm³/mol. The number of benzene rings is 3. The number of aliphatic hydroxyl groups is 1. The van der Waals surface area contributed by atoms with Crippen molar-refractivity contribution in [1.82, 2.24) is 58.2 Å². The lowest BCUT2D eigenvalue weighted by Crippen LogP contribution is -2.60. The molecule has 0 spiro atoms. The maximum absolute atomic E-state index is 14.5. The zero-order chi connectivity index (χ0) is 69.4. The first-order valence-electron chi connectivity index (χ1n) is 28.9. The Kier molecular flexibility index (Phi) is 28.4. The molecular weight excluding hydrogens is 1280 g/mol. The van der Waals surface area contributed by atoms with Gasteiger partial charge in [-0.05, 0) is 79.5 Å². The normalized spacial score (nSPS) is 15.6. The highest BCUT2D eigenvalue weighted by molar-refractivity contribution is 7.98. The summed E-state index contributed by atoms with van der Waals surface area (Å²) in [5.41, 5.74) is 13.2. The van der Waals surface area contributed by atoms with Gasteiger partial charge in [-0.3, -0.25) is 77.0 Å². The number of phenolic OH excluding ortho intramolecular Hbond substituents is 1. The van der Waals surface area contributed by atoms with Crippen LogP contribution in [0.2, 0.25) is 0 Å². The fraction of sp³-hybridized carbons (Fsp3) is 0.414. The van der Waals surface area contributed by atoms with Gasteiger partial charge in [0, 0.05) is 42.8 Å². The van der Waals surface area contributed by atoms with Crippen LogP contribution >= 0.6 is 11.8 Å². The molecule has 1 aromatic heterocycles. The Morgan fingerprint density at radius 3 is 1.84 bits per heavy atom. The molecule has 4 aromatic rings. The Hall–Kier alpha value is -10.0. The number of carboxylic acid groups (broad SMARTS) is 1. The number of para-hydroxylation sites is 1. The summed E-state index contributed by atoms with van der Waals surface area (Å²) in [6.45, 7) is 0.329. The highest BCUT2D eigenvalue weighted by Crippen LogP contribution is 2.20. The standard InChI is InChI=1S/C58H73N13O21S2/c1-29(72)49(70-50(80)35(59)22-31-12-14-33(73)15-13-31)58(88)62-28-46(76)64-41(24-32-27-61-36-11-7-6-10-34(32)36)54(84)66-39(20-21-93-2)53(83)69-43(26-48(79)92-94(89,90)91)55(85)67-40(23-30-8-4-3-5-9-30)56(86)71-57(87)42(25-47(77)78)68-52(82)38(16-18-44(60)74)65-51(81)37-17-19-45(75)63-37/h3-15,27,29,35,37-43,49,61,72-73H,16-26,28,59H2,1-2H3,(H2,60,74)(H,62,88)(H,63,75)(H,64,76)(H,65,81)(H,66,84)(H,67,85)(H,68,82)(H,69,83)(H,70,80)(H,77,78)(H,71,86,87)(H,89,90,91)/t29-,35+,37+,38+,39+,40+,41+,42+,43+,49+/m1/s1. The van der Waals surface area contributed by atoms with Gasteiger partial charge in [-0.2, -0.15) is 20.2 Å². The molecule has 0 aliphatic carbocycles. The van der Waals surface area contributed by atoms with E-state index in [4.69, 9.17) is 11.5 Å². The van der Waals surface area contributed by atoms with E-state index in [0.29, 0.717) is 22.0 Å². The predicted octanol–water partition coefficient (Wildman–Crippen LogP) is -4.73. The summed E-state index contributed by atoms with van der Waals surface area (Å²) in [5, 5.41) is 53.3. The van der Waals surface area contributed by atoms with E-state index in [1.807, 2.05) is 5.32 Å². The number of phenols is 1. The van der Waals surface area contributed by atoms with Crippen LogP contribution in [0.3, 0.4) is 0 Å². The first-order valence-corrected chi connectivity index (χ1v) is 31.7. The van der Waals surface area contributed by atoms with Gasteiger partial charge in [0.15, 0.2) is 0 Å². The molecule has 0 saturated carbocycles. The van der Waals surface area contributed by atoms with Gasteiger partial charge in [0.1, 0.15) is 54.1 Å². The number of aromatic amines is 1. The molecule has 19 N–H and O–H groups in total. The van der Waals surface area contributed by atoms with Crippen molar-refractivity contribution in [2.75, 3.05) is 18.6 Å². The van der Waals surface area contributed by atoms with Gasteiger partial charge in [-0.25, -0.2) is 0 Å². The molecular formula is C58H73N13O21S2. The maximum atomic E-state index is 14.5. The number of carbonyl (C=O) groups is 14. The summed E-state index contributed by atoms with van der Waals surface area (Å²) in [7, 11) is -5.58. The maximum Gasteiger partial charge on any atom is 0.448 e. The third-order valence-electron chi connectivity index (χ3n) is 14.2. The average Bonchev–Trinajstić information content (AvgIpc) is 1.63. The summed E-state index contributed by atoms with van der Waals surface area (Å²) in [6, 6.07) is 4.88. The zero-order valence-corrected chi connectivity index (χ0v) is 52.2. The van der Waals surface area contributed by atoms with Crippen molar-refractivity contribution in [2.24, 2.45) is 11.5 Å². The van der Waals surface area contributed by atoms with Crippen LogP contribution in [-0.2, 0) is 101 Å². The van der Waals surface area contributed by atoms with E-state index in [9.17, 15) is 95.4 Å². The molecule has 36 heteroatoms. The second kappa shape index (κ2) is 35.7. The van der Waals surface area contributed by atoms with Crippen molar-refractivity contribution >= 4 is 116 Å². The Balaban J connectivity index is 1.38. The molecule has 94 heavy (non-hydrogen) atoms. The number of carboxylic acids is 1. The summed E-state index contributed by atoms with van der Waals surface area (Å²) in [5.74, 6) is -16.6. The lowest BCUT2D eigenvalue weighted by atomic mass is 10.0. The number of imide groups is 1. The smallest absolute Gasteiger partial charge is 0.448 e. The quantitative estimate of drug-likeness (QED) is 0.0190. The van der Waals surface area contributed by atoms with E-state index in [2.05, 4.69) is 57.0 Å². The summed E-state index contributed by atoms with van der Waals surface area (Å²) in [4.78, 5) is 190. The highest BCUT2D eigenvalue weighted by atomic mass is 32.3. The molecule has 1 fully saturated rings. The number of aliphatic carboxylic acids is 1. The van der Waals surface area contributed by atoms with E-state index in [-0.39, 0.29) is 49.2 Å². The third-order valence-corrected chi connectivity index (χ3v) is 15.2. The summed E-state index contributed by atoms with van der Waals surface area (Å²) in [6.07, 6.45) is -3.09. The Bertz CT molecular complexity index is 3560. The molecule has 508 valence electrons. The molecule has 5 rings (SSSR count). The van der Waals surface area contributed by atoms with Crippen LogP contribution in [0.1, 0.15) is 68.6 Å². The van der Waals surface area contributed by atoms with Gasteiger partial charge in [0.2, 0.25) is 70.9 Å². The molecule has 12 amide bonds. The van der Waals surface area contributed by atoms with Crippen molar-refractivity contribution in [1.29, 1.82) is 0 Å². The molecule has 1 aliphatic rings. The number of primary amides is 1. The number of aliphatic hydroxyl groups excluding tert-OH is 1. The van der Waals surface area contributed by atoms with Gasteiger partial charge >= 0.3 is 22.3 Å². The molecule has 1 aliphatic heterocycles. The first kappa shape index (κ1) is 74.7. The van der Waals surface area contributed by atoms with Crippen molar-refractivity contribution in [3.05, 3.63) is 102 Å². The number of rotatable bonds is 36. The number of nitrogens with two attached hydrogens (primary N) is 2. The molecule has 34 nitrogen and oxygen atoms in total. The minimum atomic E-state index is -5.58. The van der Waals surface area contributed by atoms with Crippen LogP contribution in [0.5, 0.6) is 5.75 Å². The van der Waals surface area contributed by atoms with E-state index < -0.39 is 192 Å². The van der Waals surface area contributed by atoms with Crippen LogP contribution in [0, 0.1) is 0 Å². The number of aromatic nitrogens is 1. The van der Waals surface area contributed by atoms with E-state index in [1.54, 1.807) is 36.6 Å². The van der Waals surface area contributed by atoms with Crippen LogP contribution in [0.15, 0.2) is 85.1 Å². The van der Waals surface area contributed by atoms with Crippen LogP contribution in [-0.4, -0.2) is 195 Å². The number of hydrogen-bond donors (Lipinski definition) is 17. The molecule has 0 unspecified atom stereocenters. The largest absolute Gasteiger partial charge is 0.508 e. The number of thioether (sulfide) groups is 1. The topological polar surface area (TPSA) is 551 Å². The second-order valence-corrected chi connectivity index (χ2v) is 23.6. The second-order valence-electron chi connectivity index (χ2n) is 21.6. The Morgan fingerprint density at radius 1 is 0.670 bits per heavy atom. The van der Waals surface area contributed by atoms with E-state index in [0.717, 1.165) is 0 Å². The van der Waals surface area contributed by atoms with Crippen LogP contribution in [0.25, 0.3) is 10.9 Å². The summed E-state index contributed by atoms with van der Waals surface area (Å²) < 4.78 is 36.8. The van der Waals surface area contributed by atoms with Gasteiger partial charge in [0.25, 0.3) is 0 Å². The van der Waals surface area contributed by atoms with Gasteiger partial charge in [-0.1, -0.05) is 60.7 Å². The Labute approximate surface area is 540 Å². The number of fused-ring (bicyclic) bond motifs is 1. The van der Waals surface area contributed by atoms with E-state index in [1.165, 1.54) is 73.4 Å². The number of amides is 12. The van der Waals surface area contributed by atoms with Crippen LogP contribution in [0.4, 0.5) is 0 Å². The summed E-state index contributed by atoms with van der Waals surface area (Å²) >= 11 is 1.17. The number of hydrogen-bond acceptors (Lipinski definition) is 21. The Morgan fingerprint density at radius 2 is 1.23 bits per heavy atom. The molecule has 1 saturated heterocycles. The molecule has 2 heterocycles. The first-order chi connectivity index (χ1) is 44.4. The van der Waals surface area contributed by atoms with E-state index >= 15 is 0 Å². The molecule has 10 atom stereocenters. The van der Waals surface area contributed by atoms with Crippen molar-refractivity contribution in [2.45, 2.75) is 132 Å². The van der Waals surface area contributed by atoms with Gasteiger partial charge < -0.3 is 83.8 Å².